The van der Waals surface area contributed by atoms with E-state index >= 15 is 0 Å². The number of carbonyl (C=O) groups is 4. The number of aromatic nitrogens is 7. The largest absolute Gasteiger partial charge is 0.361 e. The quantitative estimate of drug-likeness (QED) is 0.0706. The van der Waals surface area contributed by atoms with Gasteiger partial charge >= 0.3 is 0 Å². The summed E-state index contributed by atoms with van der Waals surface area (Å²) in [5.74, 6) is -1.30. The lowest BCUT2D eigenvalue weighted by Crippen LogP contribution is -2.59. The number of aryl methyl sites for hydroxylation is 5. The van der Waals surface area contributed by atoms with E-state index in [1.807, 2.05) is 89.5 Å². The van der Waals surface area contributed by atoms with Crippen molar-refractivity contribution in [1.29, 1.82) is 0 Å². The fraction of sp³-hybridized carbons (Fsp3) is 0.440. The fourth-order valence-corrected chi connectivity index (χ4v) is 9.52. The molecule has 8 rings (SSSR count). The second-order valence-corrected chi connectivity index (χ2v) is 17.8. The molecule has 0 aliphatic carbocycles. The van der Waals surface area contributed by atoms with Gasteiger partial charge in [-0.25, -0.2) is 0 Å². The van der Waals surface area contributed by atoms with Gasteiger partial charge < -0.3 is 25.8 Å². The maximum Gasteiger partial charge on any atom is 0.246 e. The van der Waals surface area contributed by atoms with Crippen LogP contribution in [-0.4, -0.2) is 87.7 Å². The minimum atomic E-state index is -0.890. The predicted octanol–water partition coefficient (Wildman–Crippen LogP) is 6.08. The minimum Gasteiger partial charge on any atom is -0.361 e. The van der Waals surface area contributed by atoms with Crippen molar-refractivity contribution in [1.82, 2.24) is 55.8 Å². The van der Waals surface area contributed by atoms with Crippen molar-refractivity contribution in [2.75, 3.05) is 0 Å². The van der Waals surface area contributed by atoms with Crippen molar-refractivity contribution in [2.45, 2.75) is 141 Å². The van der Waals surface area contributed by atoms with Gasteiger partial charge in [0.1, 0.15) is 23.8 Å². The molecule has 2 aliphatic rings. The number of H-pyrrole nitrogens is 1. The Morgan fingerprint density at radius 2 is 1.45 bits per heavy atom. The summed E-state index contributed by atoms with van der Waals surface area (Å²) < 4.78 is 3.75. The topological polar surface area (TPSA) is 185 Å². The number of aromatic amines is 1. The molecule has 4 amide bonds. The summed E-state index contributed by atoms with van der Waals surface area (Å²) in [4.78, 5) is 60.2. The highest BCUT2D eigenvalue weighted by Gasteiger charge is 2.45. The Bertz CT molecular complexity index is 2530. The third kappa shape index (κ3) is 11.6. The highest BCUT2D eigenvalue weighted by molar-refractivity contribution is 5.95. The third-order valence-corrected chi connectivity index (χ3v) is 12.9. The van der Waals surface area contributed by atoms with E-state index in [9.17, 15) is 19.2 Å². The van der Waals surface area contributed by atoms with Gasteiger partial charge in [0.2, 0.25) is 23.6 Å². The number of rotatable bonds is 19. The first-order valence-electron chi connectivity index (χ1n) is 23.3. The fourth-order valence-electron chi connectivity index (χ4n) is 9.52. The number of hydrogen-bond donors (Lipinski definition) is 4. The Labute approximate surface area is 380 Å². The van der Waals surface area contributed by atoms with Crippen molar-refractivity contribution in [3.63, 3.8) is 0 Å². The smallest absolute Gasteiger partial charge is 0.246 e. The van der Waals surface area contributed by atoms with Crippen LogP contribution in [0.4, 0.5) is 0 Å². The number of nitrogens with one attached hydrogen (secondary N) is 4. The van der Waals surface area contributed by atoms with E-state index in [-0.39, 0.29) is 30.2 Å². The molecule has 5 atom stereocenters. The zero-order valence-electron chi connectivity index (χ0n) is 37.5. The second-order valence-electron chi connectivity index (χ2n) is 17.8. The summed E-state index contributed by atoms with van der Waals surface area (Å²) in [6.45, 7) is 4.92. The van der Waals surface area contributed by atoms with Gasteiger partial charge in [-0.2, -0.15) is 0 Å². The molecular formula is C50H61N11O4. The first-order chi connectivity index (χ1) is 31.7. The number of carbonyl (C=O) groups excluding carboxylic acids is 4. The van der Waals surface area contributed by atoms with Crippen LogP contribution in [0.5, 0.6) is 0 Å². The van der Waals surface area contributed by atoms with Gasteiger partial charge in [0.15, 0.2) is 0 Å². The van der Waals surface area contributed by atoms with E-state index in [2.05, 4.69) is 65.8 Å². The Hall–Kier alpha value is -6.64. The number of nitrogens with zero attached hydrogens (tertiary/aromatic N) is 7. The average Bonchev–Trinajstić information content (AvgIpc) is 4.14. The van der Waals surface area contributed by atoms with Crippen LogP contribution in [0.2, 0.25) is 0 Å². The van der Waals surface area contributed by atoms with Crippen LogP contribution >= 0.6 is 0 Å². The van der Waals surface area contributed by atoms with Crippen LogP contribution in [0.1, 0.15) is 111 Å². The third-order valence-electron chi connectivity index (χ3n) is 12.9. The predicted molar refractivity (Wildman–Crippen MR) is 247 cm³/mol. The van der Waals surface area contributed by atoms with Gasteiger partial charge in [0.05, 0.1) is 17.9 Å². The van der Waals surface area contributed by atoms with Crippen LogP contribution < -0.4 is 16.0 Å². The molecule has 0 unspecified atom stereocenters. The summed E-state index contributed by atoms with van der Waals surface area (Å²) in [5, 5.41) is 27.2. The number of amides is 4. The van der Waals surface area contributed by atoms with Gasteiger partial charge in [-0.15, -0.1) is 10.2 Å². The zero-order chi connectivity index (χ0) is 45.1. The molecule has 15 nitrogen and oxygen atoms in total. The number of hydrogen-bond acceptors (Lipinski definition) is 8. The summed E-state index contributed by atoms with van der Waals surface area (Å²) in [7, 11) is 0. The molecule has 0 spiro atoms. The monoisotopic (exact) mass is 879 g/mol. The molecule has 0 radical (unpaired) electrons. The summed E-state index contributed by atoms with van der Waals surface area (Å²) in [6.07, 6.45) is 16.2. The molecule has 3 aromatic carbocycles. The zero-order valence-corrected chi connectivity index (χ0v) is 37.5. The molecule has 2 saturated heterocycles. The van der Waals surface area contributed by atoms with Crippen LogP contribution in [0.3, 0.4) is 0 Å². The number of para-hydroxylation sites is 1. The van der Waals surface area contributed by atoms with Crippen LogP contribution in [-0.2, 0) is 51.5 Å². The lowest BCUT2D eigenvalue weighted by Gasteiger charge is -2.36. The summed E-state index contributed by atoms with van der Waals surface area (Å²) >= 11 is 0. The summed E-state index contributed by atoms with van der Waals surface area (Å²) in [5.41, 5.74) is 6.91. The maximum atomic E-state index is 14.5. The van der Waals surface area contributed by atoms with Crippen molar-refractivity contribution >= 4 is 34.5 Å². The van der Waals surface area contributed by atoms with Gasteiger partial charge in [-0.3, -0.25) is 28.5 Å². The number of benzene rings is 3. The van der Waals surface area contributed by atoms with E-state index in [0.717, 1.165) is 92.1 Å². The first kappa shape index (κ1) is 44.9. The second kappa shape index (κ2) is 21.4. The Morgan fingerprint density at radius 3 is 2.15 bits per heavy atom. The molecule has 5 heterocycles. The lowest BCUT2D eigenvalue weighted by atomic mass is 9.98. The molecule has 0 saturated carbocycles. The first-order valence-corrected chi connectivity index (χ1v) is 23.3. The van der Waals surface area contributed by atoms with Crippen LogP contribution in [0.25, 0.3) is 10.9 Å². The Morgan fingerprint density at radius 1 is 0.769 bits per heavy atom. The van der Waals surface area contributed by atoms with Crippen LogP contribution in [0.15, 0.2) is 97.5 Å². The molecule has 3 aromatic heterocycles. The summed E-state index contributed by atoms with van der Waals surface area (Å²) in [6, 6.07) is 23.3. The van der Waals surface area contributed by atoms with Crippen molar-refractivity contribution in [3.05, 3.63) is 131 Å². The van der Waals surface area contributed by atoms with E-state index in [1.54, 1.807) is 4.90 Å². The average molecular weight is 880 g/mol. The van der Waals surface area contributed by atoms with E-state index in [0.29, 0.717) is 31.5 Å². The maximum absolute atomic E-state index is 14.5. The number of unbranched alkanes of at least 4 members (excludes halogenated alkanes) is 2. The normalized spacial score (nSPS) is 18.4. The van der Waals surface area contributed by atoms with E-state index < -0.39 is 30.1 Å². The number of fused-ring (bicyclic) bond motifs is 2. The van der Waals surface area contributed by atoms with E-state index in [4.69, 9.17) is 0 Å². The minimum absolute atomic E-state index is 0.115. The molecule has 4 N–H and O–H groups in total. The van der Waals surface area contributed by atoms with Gasteiger partial charge in [-0.1, -0.05) is 96.1 Å². The molecular weight excluding hydrogens is 819 g/mol. The highest BCUT2D eigenvalue weighted by Crippen LogP contribution is 2.33. The SMILES string of the molecule is CC(=O)N[C@@H](Cc1c[nH]c2ccccc12)C(=O)N[C@H]1CCCC[C@H]2CC[C@@H](C(=O)N[C@H](c3ccccc3)c3cn(CCCCc4ccc(CCCCn5cc(C)nn5)cc4)nn3)N2C1=O. The molecule has 65 heavy (non-hydrogen) atoms. The molecule has 0 bridgehead atoms. The molecule has 6 aromatic rings. The van der Waals surface area contributed by atoms with Gasteiger partial charge in [0, 0.05) is 55.8 Å². The molecule has 15 heteroatoms. The van der Waals surface area contributed by atoms with E-state index in [1.165, 1.54) is 18.1 Å². The van der Waals surface area contributed by atoms with Gasteiger partial charge in [-0.05, 0) is 99.5 Å². The standard InChI is InChI=1S/C50H61N11O4/c1-34-32-59(57-55-34)28-12-10-14-36-22-24-37(25-23-36)15-11-13-29-60-33-45(56-58-60)47(38-16-4-3-5-17-38)54-49(64)46-27-26-40-18-6-8-21-43(50(65)61(40)46)53-48(63)44(52-35(2)62)30-39-31-51-42-20-9-7-19-41(39)42/h3-5,7,9,16-17,19-20,22-25,31-33,40,43-44,46-47,51H,6,8,10-15,18,21,26-30H2,1-2H3,(H,52,62)(H,53,63)(H,54,64)/t40-,43-,44-,46-,47+/m0/s1. The Balaban J connectivity index is 0.871. The Kier molecular flexibility index (Phi) is 14.8. The van der Waals surface area contributed by atoms with Crippen molar-refractivity contribution in [3.8, 4) is 0 Å². The molecule has 2 fully saturated rings. The highest BCUT2D eigenvalue weighted by atomic mass is 16.2. The molecule has 340 valence electrons. The van der Waals surface area contributed by atoms with Crippen molar-refractivity contribution in [2.24, 2.45) is 0 Å². The van der Waals surface area contributed by atoms with Crippen LogP contribution in [0, 0.1) is 6.92 Å². The van der Waals surface area contributed by atoms with Crippen molar-refractivity contribution < 1.29 is 19.2 Å². The lowest BCUT2D eigenvalue weighted by molar-refractivity contribution is -0.144. The molecule has 2 aliphatic heterocycles. The van der Waals surface area contributed by atoms with Gasteiger partial charge in [0.25, 0.3) is 0 Å².